The van der Waals surface area contributed by atoms with Crippen LogP contribution >= 0.6 is 11.8 Å². The van der Waals surface area contributed by atoms with Crippen molar-refractivity contribution in [3.63, 3.8) is 0 Å². The average molecular weight is 266 g/mol. The number of rotatable bonds is 5. The molecule has 0 saturated heterocycles. The van der Waals surface area contributed by atoms with Gasteiger partial charge >= 0.3 is 0 Å². The molecule has 1 fully saturated rings. The molecule has 0 aliphatic heterocycles. The van der Waals surface area contributed by atoms with Gasteiger partial charge in [-0.05, 0) is 36.1 Å². The van der Waals surface area contributed by atoms with E-state index in [1.54, 1.807) is 12.1 Å². The monoisotopic (exact) mass is 266 g/mol. The summed E-state index contributed by atoms with van der Waals surface area (Å²) in [5.74, 6) is 2.74. The molecular formula is C13H18N2O2S. The van der Waals surface area contributed by atoms with E-state index in [-0.39, 0.29) is 10.6 Å². The molecule has 1 aromatic rings. The van der Waals surface area contributed by atoms with E-state index in [0.29, 0.717) is 5.69 Å². The van der Waals surface area contributed by atoms with Crippen LogP contribution in [0.3, 0.4) is 0 Å². The fourth-order valence-electron chi connectivity index (χ4n) is 2.34. The number of nitrogens with two attached hydrogens (primary N) is 1. The highest BCUT2D eigenvalue weighted by atomic mass is 32.2. The molecule has 4 nitrogen and oxygen atoms in total. The Balaban J connectivity index is 1.91. The van der Waals surface area contributed by atoms with Crippen LogP contribution in [0.15, 0.2) is 18.2 Å². The minimum Gasteiger partial charge on any atom is -0.398 e. The summed E-state index contributed by atoms with van der Waals surface area (Å²) in [4.78, 5) is 10.3. The van der Waals surface area contributed by atoms with Crippen molar-refractivity contribution in [3.05, 3.63) is 33.9 Å². The predicted octanol–water partition coefficient (Wildman–Crippen LogP) is 3.60. The Morgan fingerprint density at radius 1 is 1.39 bits per heavy atom. The molecule has 0 atom stereocenters. The van der Waals surface area contributed by atoms with Gasteiger partial charge in [0, 0.05) is 23.6 Å². The number of anilines is 1. The topological polar surface area (TPSA) is 69.2 Å². The predicted molar refractivity (Wildman–Crippen MR) is 75.6 cm³/mol. The molecule has 1 saturated carbocycles. The van der Waals surface area contributed by atoms with Gasteiger partial charge in [0.05, 0.1) is 4.92 Å². The third-order valence-electron chi connectivity index (χ3n) is 3.42. The fraction of sp³-hybridized carbons (Fsp3) is 0.538. The maximum Gasteiger partial charge on any atom is 0.269 e. The van der Waals surface area contributed by atoms with Crippen molar-refractivity contribution in [2.24, 2.45) is 5.92 Å². The molecule has 1 aromatic carbocycles. The van der Waals surface area contributed by atoms with Crippen molar-refractivity contribution in [1.29, 1.82) is 0 Å². The minimum absolute atomic E-state index is 0.126. The molecule has 98 valence electrons. The lowest BCUT2D eigenvalue weighted by Gasteiger charge is -2.09. The van der Waals surface area contributed by atoms with Gasteiger partial charge in [0.2, 0.25) is 0 Å². The number of benzene rings is 1. The molecule has 2 N–H and O–H groups in total. The zero-order chi connectivity index (χ0) is 13.0. The molecule has 1 aliphatic carbocycles. The summed E-state index contributed by atoms with van der Waals surface area (Å²) in [5, 5.41) is 10.7. The van der Waals surface area contributed by atoms with Crippen molar-refractivity contribution in [3.8, 4) is 0 Å². The number of nitrogens with zero attached hydrogens (tertiary/aromatic N) is 1. The molecule has 0 spiro atoms. The largest absolute Gasteiger partial charge is 0.398 e. The SMILES string of the molecule is Nc1ccc([N+](=O)[O-])cc1CSCC1CCCC1. The molecule has 0 radical (unpaired) electrons. The normalized spacial score (nSPS) is 16.0. The molecular weight excluding hydrogens is 248 g/mol. The number of nitro benzene ring substituents is 1. The van der Waals surface area contributed by atoms with Crippen LogP contribution in [0.25, 0.3) is 0 Å². The highest BCUT2D eigenvalue weighted by Gasteiger charge is 2.15. The van der Waals surface area contributed by atoms with Gasteiger partial charge in [0.15, 0.2) is 0 Å². The van der Waals surface area contributed by atoms with Crippen molar-refractivity contribution in [1.82, 2.24) is 0 Å². The number of nitrogen functional groups attached to an aromatic ring is 1. The Labute approximate surface area is 111 Å². The molecule has 5 heteroatoms. The van der Waals surface area contributed by atoms with E-state index < -0.39 is 0 Å². The molecule has 0 aromatic heterocycles. The first-order chi connectivity index (χ1) is 8.66. The van der Waals surface area contributed by atoms with Gasteiger partial charge in [-0.25, -0.2) is 0 Å². The summed E-state index contributed by atoms with van der Waals surface area (Å²) in [6.45, 7) is 0. The first-order valence-electron chi connectivity index (χ1n) is 6.27. The maximum absolute atomic E-state index is 10.7. The number of non-ortho nitro benzene ring substituents is 1. The fourth-order valence-corrected chi connectivity index (χ4v) is 3.60. The molecule has 2 rings (SSSR count). The van der Waals surface area contributed by atoms with Crippen molar-refractivity contribution in [2.45, 2.75) is 31.4 Å². The van der Waals surface area contributed by atoms with Gasteiger partial charge in [-0.1, -0.05) is 12.8 Å². The first kappa shape index (κ1) is 13.2. The number of hydrogen-bond donors (Lipinski definition) is 1. The number of nitro groups is 1. The third kappa shape index (κ3) is 3.38. The van der Waals surface area contributed by atoms with Crippen LogP contribution in [-0.4, -0.2) is 10.7 Å². The van der Waals surface area contributed by atoms with Crippen LogP contribution in [0.5, 0.6) is 0 Å². The lowest BCUT2D eigenvalue weighted by Crippen LogP contribution is -1.99. The van der Waals surface area contributed by atoms with E-state index >= 15 is 0 Å². The Bertz CT molecular complexity index is 431. The minimum atomic E-state index is -0.370. The van der Waals surface area contributed by atoms with Gasteiger partial charge in [0.1, 0.15) is 0 Å². The first-order valence-corrected chi connectivity index (χ1v) is 7.43. The second-order valence-corrected chi connectivity index (χ2v) is 5.84. The van der Waals surface area contributed by atoms with E-state index in [0.717, 1.165) is 23.0 Å². The van der Waals surface area contributed by atoms with E-state index in [9.17, 15) is 10.1 Å². The van der Waals surface area contributed by atoms with E-state index in [1.165, 1.54) is 31.7 Å². The van der Waals surface area contributed by atoms with Crippen molar-refractivity contribution in [2.75, 3.05) is 11.5 Å². The number of hydrogen-bond acceptors (Lipinski definition) is 4. The second-order valence-electron chi connectivity index (χ2n) is 4.81. The Morgan fingerprint density at radius 3 is 2.78 bits per heavy atom. The summed E-state index contributed by atoms with van der Waals surface area (Å²) in [5.41, 5.74) is 7.51. The summed E-state index contributed by atoms with van der Waals surface area (Å²) in [7, 11) is 0. The van der Waals surface area contributed by atoms with Crippen LogP contribution in [0.1, 0.15) is 31.2 Å². The van der Waals surface area contributed by atoms with E-state index in [4.69, 9.17) is 5.73 Å². The third-order valence-corrected chi connectivity index (χ3v) is 4.65. The zero-order valence-electron chi connectivity index (χ0n) is 10.3. The van der Waals surface area contributed by atoms with Crippen LogP contribution in [0.2, 0.25) is 0 Å². The average Bonchev–Trinajstić information content (AvgIpc) is 2.84. The standard InChI is InChI=1S/C13H18N2O2S/c14-13-6-5-12(15(16)17)7-11(13)9-18-8-10-3-1-2-4-10/h5-7,10H,1-4,8-9,14H2. The molecule has 0 bridgehead atoms. The molecule has 18 heavy (non-hydrogen) atoms. The Morgan fingerprint density at radius 2 is 2.11 bits per heavy atom. The quantitative estimate of drug-likeness (QED) is 0.502. The van der Waals surface area contributed by atoms with Gasteiger partial charge < -0.3 is 5.73 Å². The highest BCUT2D eigenvalue weighted by Crippen LogP contribution is 2.30. The lowest BCUT2D eigenvalue weighted by atomic mass is 10.1. The summed E-state index contributed by atoms with van der Waals surface area (Å²) >= 11 is 1.84. The van der Waals surface area contributed by atoms with E-state index in [1.807, 2.05) is 11.8 Å². The molecule has 0 amide bonds. The van der Waals surface area contributed by atoms with E-state index in [2.05, 4.69) is 0 Å². The Hall–Kier alpha value is -1.23. The van der Waals surface area contributed by atoms with Crippen molar-refractivity contribution < 1.29 is 4.92 Å². The molecule has 0 heterocycles. The second kappa shape index (κ2) is 6.09. The zero-order valence-corrected chi connectivity index (χ0v) is 11.1. The lowest BCUT2D eigenvalue weighted by molar-refractivity contribution is -0.384. The number of thioether (sulfide) groups is 1. The molecule has 1 aliphatic rings. The smallest absolute Gasteiger partial charge is 0.269 e. The highest BCUT2D eigenvalue weighted by molar-refractivity contribution is 7.98. The van der Waals surface area contributed by atoms with Crippen LogP contribution < -0.4 is 5.73 Å². The van der Waals surface area contributed by atoms with Gasteiger partial charge in [0.25, 0.3) is 5.69 Å². The maximum atomic E-state index is 10.7. The summed E-state index contributed by atoms with van der Waals surface area (Å²) in [6, 6.07) is 4.68. The Kier molecular flexibility index (Phi) is 4.47. The van der Waals surface area contributed by atoms with Crippen LogP contribution in [0.4, 0.5) is 11.4 Å². The van der Waals surface area contributed by atoms with Crippen LogP contribution in [0, 0.1) is 16.0 Å². The molecule has 0 unspecified atom stereocenters. The van der Waals surface area contributed by atoms with Gasteiger partial charge in [-0.2, -0.15) is 11.8 Å². The van der Waals surface area contributed by atoms with Gasteiger partial charge in [-0.15, -0.1) is 0 Å². The van der Waals surface area contributed by atoms with Crippen molar-refractivity contribution >= 4 is 23.1 Å². The van der Waals surface area contributed by atoms with Crippen LogP contribution in [-0.2, 0) is 5.75 Å². The van der Waals surface area contributed by atoms with Gasteiger partial charge in [-0.3, -0.25) is 10.1 Å². The summed E-state index contributed by atoms with van der Waals surface area (Å²) < 4.78 is 0. The summed E-state index contributed by atoms with van der Waals surface area (Å²) in [6.07, 6.45) is 5.36.